The molecule has 0 atom stereocenters. The van der Waals surface area contributed by atoms with E-state index in [1.54, 1.807) is 15.9 Å². The van der Waals surface area contributed by atoms with E-state index in [0.717, 1.165) is 88.8 Å². The summed E-state index contributed by atoms with van der Waals surface area (Å²) >= 11 is 10.4. The summed E-state index contributed by atoms with van der Waals surface area (Å²) in [5.74, 6) is 0. The summed E-state index contributed by atoms with van der Waals surface area (Å²) < 4.78 is 49.3. The van der Waals surface area contributed by atoms with Crippen LogP contribution >= 0.6 is 69.6 Å². The number of aromatic nitrogens is 11. The van der Waals surface area contributed by atoms with Crippen molar-refractivity contribution in [1.29, 1.82) is 0 Å². The molecule has 13 rings (SSSR count). The van der Waals surface area contributed by atoms with Gasteiger partial charge in [0, 0.05) is 62.9 Å². The molecule has 0 saturated carbocycles. The first kappa shape index (κ1) is 68.6. The van der Waals surface area contributed by atoms with Crippen molar-refractivity contribution < 1.29 is 4.80 Å². The third-order valence-corrected chi connectivity index (χ3v) is 22.6. The minimum atomic E-state index is -0.0568. The second-order valence-electron chi connectivity index (χ2n) is 33.2. The van der Waals surface area contributed by atoms with Gasteiger partial charge in [-0.25, -0.2) is 0 Å². The fraction of sp³-hybridized carbons (Fsp3) is 0.549. The molecule has 7 aromatic heterocycles. The van der Waals surface area contributed by atoms with Crippen LogP contribution in [-0.4, -0.2) is 40.1 Å². The summed E-state index contributed by atoms with van der Waals surface area (Å²) in [7, 11) is 1.87. The molecule has 20 heteroatoms. The van der Waals surface area contributed by atoms with Gasteiger partial charge >= 0.3 is 0 Å². The first-order valence-electron chi connectivity index (χ1n) is 31.4. The molecule has 0 amide bonds. The van der Waals surface area contributed by atoms with Crippen molar-refractivity contribution in [3.63, 3.8) is 0 Å². The van der Waals surface area contributed by atoms with Crippen LogP contribution in [0.1, 0.15) is 243 Å². The van der Waals surface area contributed by atoms with Gasteiger partial charge < -0.3 is 0 Å². The summed E-state index contributed by atoms with van der Waals surface area (Å²) in [4.78, 5) is 4.58. The lowest BCUT2D eigenvalue weighted by Crippen LogP contribution is -2.35. The maximum Gasteiger partial charge on any atom is 0.152 e. The highest BCUT2D eigenvalue weighted by molar-refractivity contribution is 7.58. The summed E-state index contributed by atoms with van der Waals surface area (Å²) in [6.07, 6.45) is 0. The number of hydrogen-bond donors (Lipinski definition) is 0. The van der Waals surface area contributed by atoms with Crippen LogP contribution in [-0.2, 0) is 61.7 Å². The molecule has 12 aromatic rings. The summed E-state index contributed by atoms with van der Waals surface area (Å²) in [5, 5.41) is 14.7. The molecule has 0 saturated heterocycles. The Balaban J connectivity index is 0.000000134. The van der Waals surface area contributed by atoms with Gasteiger partial charge in [0.05, 0.1) is 58.3 Å². The largest absolute Gasteiger partial charge is 0.187 e. The van der Waals surface area contributed by atoms with Gasteiger partial charge in [0.15, 0.2) is 7.05 Å². The van der Waals surface area contributed by atoms with Gasteiger partial charge in [-0.15, -0.1) is 22.7 Å². The van der Waals surface area contributed by atoms with E-state index in [0.29, 0.717) is 0 Å². The number of hydrogen-bond acceptors (Lipinski definition) is 17. The zero-order valence-electron chi connectivity index (χ0n) is 59.7. The van der Waals surface area contributed by atoms with Crippen LogP contribution in [0.3, 0.4) is 0 Å². The predicted octanol–water partition coefficient (Wildman–Crippen LogP) is 21.6. The van der Waals surface area contributed by atoms with Crippen LogP contribution in [0.5, 0.6) is 0 Å². The second kappa shape index (κ2) is 23.0. The lowest BCUT2D eigenvalue weighted by Gasteiger charge is -2.28. The van der Waals surface area contributed by atoms with Crippen LogP contribution in [0.4, 0.5) is 11.4 Å². The van der Waals surface area contributed by atoms with E-state index in [-0.39, 0.29) is 43.3 Å². The molecule has 0 radical (unpaired) electrons. The fourth-order valence-corrected chi connectivity index (χ4v) is 19.5. The van der Waals surface area contributed by atoms with Crippen molar-refractivity contribution in [2.24, 2.45) is 15.8 Å². The first-order chi connectivity index (χ1) is 41.7. The Labute approximate surface area is 567 Å². The summed E-state index contributed by atoms with van der Waals surface area (Å²) in [6.45, 7) is 67.5. The van der Waals surface area contributed by atoms with Gasteiger partial charge in [-0.1, -0.05) is 166 Å². The number of thiophene rings is 2. The van der Waals surface area contributed by atoms with E-state index >= 15 is 0 Å². The van der Waals surface area contributed by atoms with Crippen molar-refractivity contribution in [2.45, 2.75) is 251 Å². The summed E-state index contributed by atoms with van der Waals surface area (Å²) in [5.41, 5.74) is 27.8. The third-order valence-electron chi connectivity index (χ3n) is 17.5. The first-order valence-corrected chi connectivity index (χ1v) is 36.7. The highest BCUT2D eigenvalue weighted by atomic mass is 32.1. The SMILES string of the molecule is CC(C)(C)c1c2c(c(C(C)(C)C)c3nsnc13)N=S=N2.C[n+]1nc2c(C(C)(C)C)c3nsnc3c(C(C)(C)C)c2[n-]1.Cc1c(C(C)(C)C)c2nsnc2c2c(C)c(C(C)(C)C)c3nsnc3c12.Cc1sc2c(C(C)(C)C)c3c(C)c(C)sc3c(C(C)(C)C)c2c1C. The number of rotatable bonds is 0. The molecule has 8 heterocycles. The average Bonchev–Trinajstić information content (AvgIpc) is 1.72. The average molecular weight is 1350 g/mol. The third kappa shape index (κ3) is 11.9. The van der Waals surface area contributed by atoms with Gasteiger partial charge in [-0.3, -0.25) is 0 Å². The maximum absolute atomic E-state index is 4.72. The highest BCUT2D eigenvalue weighted by Gasteiger charge is 2.37. The van der Waals surface area contributed by atoms with E-state index in [2.05, 4.69) is 244 Å². The molecule has 484 valence electrons. The minimum Gasteiger partial charge on any atom is -0.187 e. The second-order valence-corrected chi connectivity index (χ2v) is 38.3. The van der Waals surface area contributed by atoms with Crippen LogP contribution in [0, 0.1) is 41.5 Å². The molecule has 0 unspecified atom stereocenters. The van der Waals surface area contributed by atoms with Gasteiger partial charge in [-0.2, -0.15) is 58.7 Å². The Morgan fingerprint density at radius 1 is 0.297 bits per heavy atom. The zero-order valence-corrected chi connectivity index (χ0v) is 65.4. The summed E-state index contributed by atoms with van der Waals surface area (Å²) in [6, 6.07) is 0. The molecule has 0 fully saturated rings. The molecule has 1 aliphatic heterocycles. The monoisotopic (exact) mass is 1350 g/mol. The number of aryl methyl sites for hydroxylation is 7. The van der Waals surface area contributed by atoms with Gasteiger partial charge in [0.1, 0.15) is 55.5 Å². The Hall–Kier alpha value is -5.22. The van der Waals surface area contributed by atoms with Gasteiger partial charge in [0.2, 0.25) is 0 Å². The van der Waals surface area contributed by atoms with E-state index in [1.165, 1.54) is 132 Å². The fourth-order valence-electron chi connectivity index (χ4n) is 13.9. The Bertz CT molecular complexity index is 4670. The predicted molar refractivity (Wildman–Crippen MR) is 397 cm³/mol. The molecule has 0 spiro atoms. The molecular formula is C71H93N13S7. The van der Waals surface area contributed by atoms with Crippen LogP contribution in [0.15, 0.2) is 8.73 Å². The molecule has 13 nitrogen and oxygen atoms in total. The maximum atomic E-state index is 4.72. The van der Waals surface area contributed by atoms with Crippen LogP contribution in [0.25, 0.3) is 86.1 Å². The molecule has 0 bridgehead atoms. The number of nitrogens with zero attached hydrogens (tertiary/aromatic N) is 13. The van der Waals surface area contributed by atoms with Crippen molar-refractivity contribution in [2.75, 3.05) is 0 Å². The molecule has 1 aliphatic rings. The van der Waals surface area contributed by atoms with E-state index in [9.17, 15) is 0 Å². The topological polar surface area (TPSA) is 159 Å². The molecule has 0 aliphatic carbocycles. The van der Waals surface area contributed by atoms with Crippen molar-refractivity contribution in [3.8, 4) is 0 Å². The Kier molecular flexibility index (Phi) is 17.4. The van der Waals surface area contributed by atoms with E-state index in [4.69, 9.17) is 17.5 Å². The number of fused-ring (bicyclic) bond motifs is 11. The van der Waals surface area contributed by atoms with Gasteiger partial charge in [-0.05, 0) is 140 Å². The van der Waals surface area contributed by atoms with E-state index < -0.39 is 0 Å². The normalized spacial score (nSPS) is 13.7. The minimum absolute atomic E-state index is 0.0152. The molecular weight excluding hydrogens is 1260 g/mol. The lowest BCUT2D eigenvalue weighted by atomic mass is 9.77. The molecule has 91 heavy (non-hydrogen) atoms. The molecule has 5 aromatic carbocycles. The zero-order chi connectivity index (χ0) is 67.5. The Morgan fingerprint density at radius 3 is 0.879 bits per heavy atom. The smallest absolute Gasteiger partial charge is 0.152 e. The van der Waals surface area contributed by atoms with E-state index in [1.807, 2.05) is 29.7 Å². The quantitative estimate of drug-likeness (QED) is 0.134. The van der Waals surface area contributed by atoms with Crippen molar-refractivity contribution in [1.82, 2.24) is 45.2 Å². The van der Waals surface area contributed by atoms with Crippen molar-refractivity contribution >= 4 is 178 Å². The molecule has 0 N–H and O–H groups in total. The van der Waals surface area contributed by atoms with Crippen LogP contribution < -0.4 is 9.90 Å². The van der Waals surface area contributed by atoms with Crippen LogP contribution in [0.2, 0.25) is 0 Å². The number of benzene rings is 5. The standard InChI is InChI=1S/C22H30S2.C20H24N4S2.C15H21N5S.C14H18N4S2/c1-11-13(3)23-19-15(11)17(21(5,6)7)20-16(12(2)14(4)24-20)18(19)22(8,9)10;1-9-11-12(16-17(23-26-22-16)13(9)19(3,4)5)10(2)14(20(6,7)8)18-15(11)21-25-24-18;1-14(2,3)8-10-11(17-20(7)16-10)9(15(4,5)6)13-12(8)18-21-19-13;1-13(2,3)7-9-11(17-19-15-9)8(14(4,5)6)12-10(7)16-20-18-12/h1-10H3;1-8H3;1-7H3;1-6H3. The van der Waals surface area contributed by atoms with Gasteiger partial charge in [0.25, 0.3) is 0 Å². The Morgan fingerprint density at radius 2 is 0.571 bits per heavy atom. The lowest BCUT2D eigenvalue weighted by molar-refractivity contribution is -0.783. The van der Waals surface area contributed by atoms with Crippen molar-refractivity contribution in [3.05, 3.63) is 76.5 Å². The highest BCUT2D eigenvalue weighted by Crippen LogP contribution is 2.54.